The first-order valence-electron chi connectivity index (χ1n) is 8.83. The lowest BCUT2D eigenvalue weighted by Crippen LogP contribution is -2.65. The van der Waals surface area contributed by atoms with E-state index < -0.39 is 6.10 Å². The predicted molar refractivity (Wildman–Crippen MR) is 92.4 cm³/mol. The second-order valence-corrected chi connectivity index (χ2v) is 7.67. The number of nitrogens with one attached hydrogen (secondary N) is 1. The van der Waals surface area contributed by atoms with Crippen LogP contribution in [-0.2, 0) is 0 Å². The maximum absolute atomic E-state index is 10.6. The van der Waals surface area contributed by atoms with E-state index in [-0.39, 0.29) is 11.5 Å². The number of aromatic nitrogens is 2. The van der Waals surface area contributed by atoms with E-state index in [0.29, 0.717) is 23.6 Å². The molecule has 6 heteroatoms. The number of hydrogen-bond donors (Lipinski definition) is 2. The van der Waals surface area contributed by atoms with Crippen molar-refractivity contribution in [3.8, 4) is 6.07 Å². The molecule has 2 N–H and O–H groups in total. The Morgan fingerprint density at radius 3 is 2.83 bits per heavy atom. The van der Waals surface area contributed by atoms with Crippen LogP contribution in [0.15, 0.2) is 6.07 Å². The molecule has 1 aromatic rings. The Labute approximate surface area is 143 Å². The number of aliphatic hydroxyl groups excluding tert-OH is 1. The fraction of sp³-hybridized carbons (Fsp3) is 0.722. The van der Waals surface area contributed by atoms with E-state index >= 15 is 0 Å². The highest BCUT2D eigenvalue weighted by atomic mass is 16.3. The van der Waals surface area contributed by atoms with Crippen LogP contribution in [0.3, 0.4) is 0 Å². The Morgan fingerprint density at radius 2 is 2.21 bits per heavy atom. The topological polar surface area (TPSA) is 85.1 Å². The Bertz CT molecular complexity index is 655. The number of rotatable bonds is 4. The fourth-order valence-electron chi connectivity index (χ4n) is 4.90. The summed E-state index contributed by atoms with van der Waals surface area (Å²) in [7, 11) is 0. The molecule has 0 bridgehead atoms. The van der Waals surface area contributed by atoms with Crippen LogP contribution < -0.4 is 5.32 Å². The minimum Gasteiger partial charge on any atom is -0.391 e. The first-order chi connectivity index (χ1) is 11.4. The van der Waals surface area contributed by atoms with Crippen molar-refractivity contribution in [2.45, 2.75) is 58.7 Å². The molecule has 2 unspecified atom stereocenters. The zero-order valence-corrected chi connectivity index (χ0v) is 15.0. The largest absolute Gasteiger partial charge is 0.391 e. The third kappa shape index (κ3) is 2.87. The van der Waals surface area contributed by atoms with Gasteiger partial charge >= 0.3 is 0 Å². The highest BCUT2D eigenvalue weighted by molar-refractivity contribution is 5.35. The molecule has 6 nitrogen and oxygen atoms in total. The van der Waals surface area contributed by atoms with Crippen LogP contribution in [0.2, 0.25) is 0 Å². The molecule has 2 fully saturated rings. The van der Waals surface area contributed by atoms with Gasteiger partial charge in [0.25, 0.3) is 0 Å². The summed E-state index contributed by atoms with van der Waals surface area (Å²) < 4.78 is 0. The zero-order valence-electron chi connectivity index (χ0n) is 15.0. The van der Waals surface area contributed by atoms with Crippen LogP contribution in [-0.4, -0.2) is 51.3 Å². The first-order valence-corrected chi connectivity index (χ1v) is 8.83. The van der Waals surface area contributed by atoms with Crippen LogP contribution in [0.25, 0.3) is 0 Å². The summed E-state index contributed by atoms with van der Waals surface area (Å²) in [5.41, 5.74) is 1.29. The van der Waals surface area contributed by atoms with Gasteiger partial charge in [0.1, 0.15) is 11.8 Å². The summed E-state index contributed by atoms with van der Waals surface area (Å²) in [5, 5.41) is 22.9. The van der Waals surface area contributed by atoms with Gasteiger partial charge in [-0.25, -0.2) is 9.97 Å². The molecule has 0 amide bonds. The molecule has 4 atom stereocenters. The van der Waals surface area contributed by atoms with Gasteiger partial charge in [0.05, 0.1) is 12.1 Å². The highest BCUT2D eigenvalue weighted by Gasteiger charge is 2.58. The Kier molecular flexibility index (Phi) is 4.50. The van der Waals surface area contributed by atoms with Crippen LogP contribution in [0.1, 0.15) is 45.0 Å². The fourth-order valence-corrected chi connectivity index (χ4v) is 4.90. The molecule has 2 heterocycles. The van der Waals surface area contributed by atoms with Gasteiger partial charge in [0, 0.05) is 23.7 Å². The zero-order chi connectivity index (χ0) is 17.5. The van der Waals surface area contributed by atoms with Crippen LogP contribution in [0, 0.1) is 29.6 Å². The van der Waals surface area contributed by atoms with E-state index in [4.69, 9.17) is 5.26 Å². The lowest BCUT2D eigenvalue weighted by Gasteiger charge is -2.58. The molecule has 130 valence electrons. The molecule has 0 radical (unpaired) electrons. The van der Waals surface area contributed by atoms with E-state index in [2.05, 4.69) is 47.0 Å². The van der Waals surface area contributed by atoms with Gasteiger partial charge in [-0.3, -0.25) is 4.90 Å². The van der Waals surface area contributed by atoms with Crippen LogP contribution >= 0.6 is 0 Å². The van der Waals surface area contributed by atoms with Crippen molar-refractivity contribution in [3.63, 3.8) is 0 Å². The molecule has 1 saturated carbocycles. The normalized spacial score (nSPS) is 32.8. The second-order valence-electron chi connectivity index (χ2n) is 7.67. The quantitative estimate of drug-likeness (QED) is 0.878. The maximum atomic E-state index is 10.6. The number of aliphatic hydroxyl groups is 1. The Balaban J connectivity index is 1.75. The van der Waals surface area contributed by atoms with Gasteiger partial charge in [-0.2, -0.15) is 5.26 Å². The number of hydrogen-bond acceptors (Lipinski definition) is 6. The van der Waals surface area contributed by atoms with Crippen molar-refractivity contribution in [1.29, 1.82) is 5.26 Å². The molecular weight excluding hydrogens is 302 g/mol. The lowest BCUT2D eigenvalue weighted by atomic mass is 9.65. The van der Waals surface area contributed by atoms with Crippen molar-refractivity contribution in [2.24, 2.45) is 11.3 Å². The van der Waals surface area contributed by atoms with Crippen molar-refractivity contribution in [3.05, 3.63) is 17.5 Å². The molecule has 0 aromatic carbocycles. The van der Waals surface area contributed by atoms with Crippen molar-refractivity contribution in [1.82, 2.24) is 14.9 Å². The highest BCUT2D eigenvalue weighted by Crippen LogP contribution is 2.53. The van der Waals surface area contributed by atoms with Gasteiger partial charge in [-0.05, 0) is 38.3 Å². The number of anilines is 1. The van der Waals surface area contributed by atoms with Crippen LogP contribution in [0.5, 0.6) is 0 Å². The summed E-state index contributed by atoms with van der Waals surface area (Å²) >= 11 is 0. The van der Waals surface area contributed by atoms with Crippen molar-refractivity contribution >= 4 is 5.95 Å². The number of nitrogens with zero attached hydrogens (tertiary/aromatic N) is 4. The third-order valence-electron chi connectivity index (χ3n) is 5.57. The average molecular weight is 329 g/mol. The van der Waals surface area contributed by atoms with Gasteiger partial charge in [0.15, 0.2) is 0 Å². The number of likely N-dealkylation sites (tertiary alicyclic amines) is 1. The monoisotopic (exact) mass is 329 g/mol. The molecular formula is C18H27N5O. The molecule has 2 aliphatic rings. The molecule has 1 spiro atoms. The molecule has 1 aliphatic carbocycles. The average Bonchev–Trinajstić information content (AvgIpc) is 2.82. The Morgan fingerprint density at radius 1 is 1.46 bits per heavy atom. The van der Waals surface area contributed by atoms with Gasteiger partial charge < -0.3 is 10.4 Å². The molecule has 1 aromatic heterocycles. The molecule has 1 saturated heterocycles. The smallest absolute Gasteiger partial charge is 0.224 e. The molecule has 3 rings (SSSR count). The minimum absolute atomic E-state index is 0.0569. The van der Waals surface area contributed by atoms with E-state index in [9.17, 15) is 5.11 Å². The lowest BCUT2D eigenvalue weighted by molar-refractivity contribution is -0.0961. The van der Waals surface area contributed by atoms with Crippen LogP contribution in [0.4, 0.5) is 5.95 Å². The minimum atomic E-state index is -0.403. The molecule has 24 heavy (non-hydrogen) atoms. The standard InChI is InChI=1S/C18H27N5O/c1-5-23-10-18(16(23)11(2)3)7-14(15(24)8-18)22-17-20-12(4)6-13(9-19)21-17/h6,11,14-16,24H,5,7-8,10H2,1-4H3,(H,20,21,22)/t14-,15-,16?,18?/m1/s1. The Hall–Kier alpha value is -1.71. The van der Waals surface area contributed by atoms with Gasteiger partial charge in [0.2, 0.25) is 5.95 Å². The summed E-state index contributed by atoms with van der Waals surface area (Å²) in [5.74, 6) is 1.02. The predicted octanol–water partition coefficient (Wildman–Crippen LogP) is 1.94. The number of nitriles is 1. The van der Waals surface area contributed by atoms with E-state index in [1.54, 1.807) is 6.07 Å². The van der Waals surface area contributed by atoms with E-state index in [1.165, 1.54) is 0 Å². The second kappa shape index (κ2) is 6.30. The summed E-state index contributed by atoms with van der Waals surface area (Å²) in [6.07, 6.45) is 1.34. The van der Waals surface area contributed by atoms with E-state index in [1.807, 2.05) is 6.92 Å². The summed E-state index contributed by atoms with van der Waals surface area (Å²) in [6.45, 7) is 10.7. The van der Waals surface area contributed by atoms with E-state index in [0.717, 1.165) is 31.6 Å². The maximum Gasteiger partial charge on any atom is 0.224 e. The summed E-state index contributed by atoms with van der Waals surface area (Å²) in [4.78, 5) is 11.1. The molecule has 1 aliphatic heterocycles. The summed E-state index contributed by atoms with van der Waals surface area (Å²) in [6, 6.07) is 4.19. The van der Waals surface area contributed by atoms with Gasteiger partial charge in [-0.15, -0.1) is 0 Å². The number of aryl methyl sites for hydroxylation is 1. The third-order valence-corrected chi connectivity index (χ3v) is 5.57. The first kappa shape index (κ1) is 17.1. The van der Waals surface area contributed by atoms with Gasteiger partial charge in [-0.1, -0.05) is 20.8 Å². The SMILES string of the molecule is CCN1CC2(C[C@@H](O)[C@H](Nc3nc(C)cc(C#N)n3)C2)C1C(C)C. The van der Waals surface area contributed by atoms with Crippen molar-refractivity contribution in [2.75, 3.05) is 18.4 Å². The van der Waals surface area contributed by atoms with Crippen molar-refractivity contribution < 1.29 is 5.11 Å².